The largest absolute Gasteiger partial charge is 0.497 e. The fraction of sp³-hybridized carbons (Fsp3) is 0.611. The van der Waals surface area contributed by atoms with E-state index in [9.17, 15) is 4.79 Å². The van der Waals surface area contributed by atoms with Crippen LogP contribution in [0.3, 0.4) is 0 Å². The van der Waals surface area contributed by atoms with Gasteiger partial charge in [0.2, 0.25) is 5.91 Å². The third kappa shape index (κ3) is 3.85. The van der Waals surface area contributed by atoms with E-state index in [-0.39, 0.29) is 11.3 Å². The molecule has 1 amide bonds. The summed E-state index contributed by atoms with van der Waals surface area (Å²) in [6.45, 7) is 4.99. The Morgan fingerprint density at radius 1 is 1.35 bits per heavy atom. The first-order valence-corrected chi connectivity index (χ1v) is 8.27. The highest BCUT2D eigenvalue weighted by Crippen LogP contribution is 2.32. The second kappa shape index (κ2) is 6.89. The van der Waals surface area contributed by atoms with Crippen molar-refractivity contribution in [3.05, 3.63) is 29.8 Å². The Kier molecular flexibility index (Phi) is 4.87. The fourth-order valence-corrected chi connectivity index (χ4v) is 3.68. The normalized spacial score (nSPS) is 25.6. The van der Waals surface area contributed by atoms with Crippen molar-refractivity contribution >= 4 is 5.91 Å². The zero-order valence-electron chi connectivity index (χ0n) is 14.1. The molecule has 126 valence electrons. The van der Waals surface area contributed by atoms with Crippen LogP contribution in [0.2, 0.25) is 0 Å². The molecule has 0 N–H and O–H groups in total. The van der Waals surface area contributed by atoms with Crippen LogP contribution in [-0.4, -0.2) is 69.3 Å². The van der Waals surface area contributed by atoms with Gasteiger partial charge in [0, 0.05) is 25.0 Å². The van der Waals surface area contributed by atoms with Gasteiger partial charge in [-0.2, -0.15) is 0 Å². The number of nitrogens with zero attached hydrogens (tertiary/aromatic N) is 2. The molecule has 1 unspecified atom stereocenters. The van der Waals surface area contributed by atoms with Crippen LogP contribution in [0, 0.1) is 5.41 Å². The van der Waals surface area contributed by atoms with Gasteiger partial charge in [-0.3, -0.25) is 4.79 Å². The van der Waals surface area contributed by atoms with Gasteiger partial charge in [0.15, 0.2) is 0 Å². The van der Waals surface area contributed by atoms with Gasteiger partial charge >= 0.3 is 0 Å². The number of benzene rings is 1. The summed E-state index contributed by atoms with van der Waals surface area (Å²) in [5.41, 5.74) is 1.10. The van der Waals surface area contributed by atoms with Crippen LogP contribution in [0.4, 0.5) is 0 Å². The molecule has 0 aliphatic carbocycles. The molecular formula is C18H26N2O3. The summed E-state index contributed by atoms with van der Waals surface area (Å²) in [7, 11) is 3.79. The van der Waals surface area contributed by atoms with Gasteiger partial charge in [-0.25, -0.2) is 0 Å². The van der Waals surface area contributed by atoms with Gasteiger partial charge in [-0.15, -0.1) is 0 Å². The van der Waals surface area contributed by atoms with E-state index in [0.717, 1.165) is 44.0 Å². The van der Waals surface area contributed by atoms with Gasteiger partial charge in [0.05, 0.1) is 26.7 Å². The molecule has 0 saturated carbocycles. The Bertz CT molecular complexity index is 563. The van der Waals surface area contributed by atoms with Gasteiger partial charge in [-0.1, -0.05) is 12.1 Å². The van der Waals surface area contributed by atoms with Crippen molar-refractivity contribution in [1.82, 2.24) is 9.80 Å². The highest BCUT2D eigenvalue weighted by atomic mass is 16.5. The van der Waals surface area contributed by atoms with Crippen LogP contribution in [0.15, 0.2) is 24.3 Å². The molecule has 2 heterocycles. The second-order valence-corrected chi connectivity index (χ2v) is 6.88. The molecule has 0 aromatic heterocycles. The summed E-state index contributed by atoms with van der Waals surface area (Å²) in [5, 5.41) is 0. The summed E-state index contributed by atoms with van der Waals surface area (Å²) < 4.78 is 11.0. The van der Waals surface area contributed by atoms with E-state index in [1.54, 1.807) is 7.11 Å². The van der Waals surface area contributed by atoms with Crippen molar-refractivity contribution in [2.45, 2.75) is 12.8 Å². The molecule has 1 spiro atoms. The molecule has 1 atom stereocenters. The van der Waals surface area contributed by atoms with Gasteiger partial charge in [0.25, 0.3) is 0 Å². The summed E-state index contributed by atoms with van der Waals surface area (Å²) in [5.74, 6) is 0.973. The Hall–Kier alpha value is -1.59. The SMILES string of the molecule is COc1cccc(CC(=O)N2CCOCC3(CCN(C)C3)C2)c1. The lowest BCUT2D eigenvalue weighted by Gasteiger charge is -2.31. The Morgan fingerprint density at radius 2 is 2.22 bits per heavy atom. The number of rotatable bonds is 3. The molecule has 0 bridgehead atoms. The van der Waals surface area contributed by atoms with Crippen LogP contribution in [0.5, 0.6) is 5.75 Å². The molecule has 1 aromatic rings. The third-order valence-electron chi connectivity index (χ3n) is 4.91. The van der Waals surface area contributed by atoms with Crippen LogP contribution < -0.4 is 4.74 Å². The van der Waals surface area contributed by atoms with Crippen LogP contribution in [-0.2, 0) is 16.0 Å². The Morgan fingerprint density at radius 3 is 2.96 bits per heavy atom. The summed E-state index contributed by atoms with van der Waals surface area (Å²) in [6.07, 6.45) is 1.52. The number of likely N-dealkylation sites (tertiary alicyclic amines) is 1. The lowest BCUT2D eigenvalue weighted by Crippen LogP contribution is -2.43. The van der Waals surface area contributed by atoms with Crippen molar-refractivity contribution in [2.75, 3.05) is 53.6 Å². The number of amides is 1. The zero-order chi connectivity index (χ0) is 16.3. The molecule has 1 aromatic carbocycles. The number of methoxy groups -OCH3 is 1. The van der Waals surface area contributed by atoms with Gasteiger partial charge in [0.1, 0.15) is 5.75 Å². The van der Waals surface area contributed by atoms with E-state index in [1.165, 1.54) is 0 Å². The molecule has 2 fully saturated rings. The molecule has 2 aliphatic heterocycles. The highest BCUT2D eigenvalue weighted by Gasteiger charge is 2.40. The van der Waals surface area contributed by atoms with Crippen molar-refractivity contribution in [1.29, 1.82) is 0 Å². The first kappa shape index (κ1) is 16.3. The lowest BCUT2D eigenvalue weighted by molar-refractivity contribution is -0.131. The van der Waals surface area contributed by atoms with E-state index in [2.05, 4.69) is 11.9 Å². The standard InChI is InChI=1S/C18H26N2O3/c1-19-7-6-18(12-19)13-20(8-9-23-14-18)17(21)11-15-4-3-5-16(10-15)22-2/h3-5,10H,6-9,11-14H2,1-2H3. The Balaban J connectivity index is 1.68. The van der Waals surface area contributed by atoms with Gasteiger partial charge < -0.3 is 19.3 Å². The number of carbonyl (C=O) groups excluding carboxylic acids is 1. The minimum atomic E-state index is 0.106. The van der Waals surface area contributed by atoms with E-state index in [0.29, 0.717) is 19.6 Å². The maximum atomic E-state index is 12.8. The minimum absolute atomic E-state index is 0.106. The maximum absolute atomic E-state index is 12.8. The molecule has 3 rings (SSSR count). The molecule has 0 radical (unpaired) electrons. The first-order chi connectivity index (χ1) is 11.1. The number of hydrogen-bond acceptors (Lipinski definition) is 4. The zero-order valence-corrected chi connectivity index (χ0v) is 14.1. The van der Waals surface area contributed by atoms with E-state index >= 15 is 0 Å². The van der Waals surface area contributed by atoms with Crippen molar-refractivity contribution in [2.24, 2.45) is 5.41 Å². The predicted octanol–water partition coefficient (Wildman–Crippen LogP) is 1.42. The molecular weight excluding hydrogens is 292 g/mol. The van der Waals surface area contributed by atoms with Crippen molar-refractivity contribution in [3.8, 4) is 5.75 Å². The predicted molar refractivity (Wildman–Crippen MR) is 88.6 cm³/mol. The van der Waals surface area contributed by atoms with Crippen molar-refractivity contribution < 1.29 is 14.3 Å². The molecule has 2 saturated heterocycles. The van der Waals surface area contributed by atoms with Gasteiger partial charge in [-0.05, 0) is 37.7 Å². The molecule has 5 heteroatoms. The summed E-state index contributed by atoms with van der Waals surface area (Å²) in [6, 6.07) is 7.75. The molecule has 5 nitrogen and oxygen atoms in total. The van der Waals surface area contributed by atoms with Crippen LogP contribution in [0.1, 0.15) is 12.0 Å². The van der Waals surface area contributed by atoms with E-state index in [1.807, 2.05) is 29.2 Å². The van der Waals surface area contributed by atoms with Crippen molar-refractivity contribution in [3.63, 3.8) is 0 Å². The summed E-state index contributed by atoms with van der Waals surface area (Å²) in [4.78, 5) is 17.1. The van der Waals surface area contributed by atoms with Crippen LogP contribution >= 0.6 is 0 Å². The van der Waals surface area contributed by atoms with E-state index in [4.69, 9.17) is 9.47 Å². The molecule has 23 heavy (non-hydrogen) atoms. The average molecular weight is 318 g/mol. The quantitative estimate of drug-likeness (QED) is 0.845. The minimum Gasteiger partial charge on any atom is -0.497 e. The second-order valence-electron chi connectivity index (χ2n) is 6.88. The smallest absolute Gasteiger partial charge is 0.227 e. The summed E-state index contributed by atoms with van der Waals surface area (Å²) >= 11 is 0. The highest BCUT2D eigenvalue weighted by molar-refractivity contribution is 5.79. The lowest BCUT2D eigenvalue weighted by atomic mass is 9.87. The Labute approximate surface area is 138 Å². The number of hydrogen-bond donors (Lipinski definition) is 0. The fourth-order valence-electron chi connectivity index (χ4n) is 3.68. The topological polar surface area (TPSA) is 42.0 Å². The first-order valence-electron chi connectivity index (χ1n) is 8.27. The number of carbonyl (C=O) groups is 1. The number of ether oxygens (including phenoxy) is 2. The monoisotopic (exact) mass is 318 g/mol. The maximum Gasteiger partial charge on any atom is 0.227 e. The third-order valence-corrected chi connectivity index (χ3v) is 4.91. The van der Waals surface area contributed by atoms with Crippen LogP contribution in [0.25, 0.3) is 0 Å². The average Bonchev–Trinajstić information content (AvgIpc) is 2.78. The molecule has 2 aliphatic rings. The van der Waals surface area contributed by atoms with E-state index < -0.39 is 0 Å².